The van der Waals surface area contributed by atoms with Crippen molar-refractivity contribution in [2.24, 2.45) is 0 Å². The van der Waals surface area contributed by atoms with Crippen LogP contribution < -0.4 is 9.62 Å². The summed E-state index contributed by atoms with van der Waals surface area (Å²) in [6, 6.07) is 13.8. The van der Waals surface area contributed by atoms with Gasteiger partial charge in [-0.2, -0.15) is 0 Å². The predicted octanol–water partition coefficient (Wildman–Crippen LogP) is 4.19. The van der Waals surface area contributed by atoms with Crippen LogP contribution in [0.25, 0.3) is 0 Å². The molecule has 1 amide bonds. The second-order valence-corrected chi connectivity index (χ2v) is 10.6. The molecule has 0 bridgehead atoms. The second-order valence-electron chi connectivity index (χ2n) is 8.29. The molecule has 8 heteroatoms. The van der Waals surface area contributed by atoms with Crippen molar-refractivity contribution in [1.82, 2.24) is 10.2 Å². The molecule has 0 aliphatic carbocycles. The zero-order valence-electron chi connectivity index (χ0n) is 18.8. The van der Waals surface area contributed by atoms with Crippen LogP contribution in [0.15, 0.2) is 48.5 Å². The number of carbonyl (C=O) groups excluding carboxylic acids is 1. The summed E-state index contributed by atoms with van der Waals surface area (Å²) < 4.78 is 26.4. The fourth-order valence-electron chi connectivity index (χ4n) is 4.22. The van der Waals surface area contributed by atoms with Crippen molar-refractivity contribution < 1.29 is 13.2 Å². The summed E-state index contributed by atoms with van der Waals surface area (Å²) in [5.41, 5.74) is 2.62. The number of nitrogens with one attached hydrogen (secondary N) is 1. The van der Waals surface area contributed by atoms with Crippen LogP contribution in [-0.4, -0.2) is 44.6 Å². The quantitative estimate of drug-likeness (QED) is 0.588. The molecule has 0 unspecified atom stereocenters. The number of rotatable bonds is 9. The number of halogens is 1. The molecule has 6 nitrogen and oxygen atoms in total. The van der Waals surface area contributed by atoms with Crippen molar-refractivity contribution in [2.45, 2.75) is 51.7 Å². The van der Waals surface area contributed by atoms with Crippen molar-refractivity contribution in [1.29, 1.82) is 0 Å². The third-order valence-electron chi connectivity index (χ3n) is 5.81. The molecule has 1 N–H and O–H groups in total. The fourth-order valence-corrected chi connectivity index (χ4v) is 5.60. The lowest BCUT2D eigenvalue weighted by Gasteiger charge is -2.30. The number of anilines is 1. The Hall–Kier alpha value is -2.09. The predicted molar refractivity (Wildman–Crippen MR) is 130 cm³/mol. The number of piperidine rings is 1. The molecular weight excluding hydrogens is 446 g/mol. The minimum absolute atomic E-state index is 0.328. The van der Waals surface area contributed by atoms with Crippen molar-refractivity contribution in [3.8, 4) is 0 Å². The highest BCUT2D eigenvalue weighted by atomic mass is 35.5. The number of carbonyl (C=O) groups is 1. The van der Waals surface area contributed by atoms with Crippen LogP contribution in [0.3, 0.4) is 0 Å². The van der Waals surface area contributed by atoms with E-state index in [1.807, 2.05) is 18.2 Å². The Morgan fingerprint density at radius 3 is 2.41 bits per heavy atom. The lowest BCUT2D eigenvalue weighted by Crippen LogP contribution is -2.49. The van der Waals surface area contributed by atoms with E-state index in [1.165, 1.54) is 24.8 Å². The molecule has 1 aliphatic rings. The fraction of sp³-hybridized carbons (Fsp3) is 0.458. The van der Waals surface area contributed by atoms with Gasteiger partial charge in [0.05, 0.1) is 11.9 Å². The maximum absolute atomic E-state index is 13.1. The number of amides is 1. The molecule has 3 rings (SSSR count). The van der Waals surface area contributed by atoms with Crippen LogP contribution in [0.2, 0.25) is 5.02 Å². The molecule has 0 saturated carbocycles. The summed E-state index contributed by atoms with van der Waals surface area (Å²) in [5, 5.41) is 3.38. The van der Waals surface area contributed by atoms with Gasteiger partial charge in [0.1, 0.15) is 6.04 Å². The molecule has 1 aliphatic heterocycles. The normalized spacial score (nSPS) is 15.8. The van der Waals surface area contributed by atoms with Crippen LogP contribution in [0.1, 0.15) is 43.7 Å². The van der Waals surface area contributed by atoms with Gasteiger partial charge in [-0.05, 0) is 61.7 Å². The molecule has 1 atom stereocenters. The average Bonchev–Trinajstić information content (AvgIpc) is 2.76. The molecule has 32 heavy (non-hydrogen) atoms. The highest BCUT2D eigenvalue weighted by Gasteiger charge is 2.31. The molecule has 1 saturated heterocycles. The second kappa shape index (κ2) is 11.2. The summed E-state index contributed by atoms with van der Waals surface area (Å²) in [4.78, 5) is 15.6. The van der Waals surface area contributed by atoms with Gasteiger partial charge in [0.2, 0.25) is 15.9 Å². The third kappa shape index (κ3) is 6.47. The zero-order chi connectivity index (χ0) is 23.1. The van der Waals surface area contributed by atoms with E-state index in [9.17, 15) is 13.2 Å². The van der Waals surface area contributed by atoms with Crippen LogP contribution in [0, 0.1) is 0 Å². The Morgan fingerprint density at radius 2 is 1.78 bits per heavy atom. The summed E-state index contributed by atoms with van der Waals surface area (Å²) in [7, 11) is -3.69. The Labute approximate surface area is 196 Å². The highest BCUT2D eigenvalue weighted by molar-refractivity contribution is 7.92. The first-order valence-corrected chi connectivity index (χ1v) is 13.3. The van der Waals surface area contributed by atoms with Gasteiger partial charge in [-0.15, -0.1) is 0 Å². The first kappa shape index (κ1) is 24.6. The Morgan fingerprint density at radius 1 is 1.09 bits per heavy atom. The van der Waals surface area contributed by atoms with Crippen molar-refractivity contribution in [2.75, 3.05) is 23.7 Å². The van der Waals surface area contributed by atoms with E-state index < -0.39 is 16.1 Å². The molecule has 1 fully saturated rings. The summed E-state index contributed by atoms with van der Waals surface area (Å²) >= 11 is 6.08. The van der Waals surface area contributed by atoms with Crippen LogP contribution >= 0.6 is 11.6 Å². The lowest BCUT2D eigenvalue weighted by atomic mass is 10.0. The van der Waals surface area contributed by atoms with Gasteiger partial charge in [-0.25, -0.2) is 8.42 Å². The SMILES string of the molecule is CC[C@@H](C(=O)NCc1ccccc1CN1CCCCC1)N(c1cccc(Cl)c1)S(C)(=O)=O. The lowest BCUT2D eigenvalue weighted by molar-refractivity contribution is -0.122. The van der Waals surface area contributed by atoms with Gasteiger partial charge in [0.25, 0.3) is 0 Å². The standard InChI is InChI=1S/C24H32ClN3O3S/c1-3-23(28(32(2,30)31)22-13-9-12-21(25)16-22)24(29)26-17-19-10-5-6-11-20(19)18-27-14-7-4-8-15-27/h5-6,9-13,16,23H,3-4,7-8,14-15,17-18H2,1-2H3,(H,26,29)/t23-/m0/s1. The Balaban J connectivity index is 1.75. The number of hydrogen-bond acceptors (Lipinski definition) is 4. The highest BCUT2D eigenvalue weighted by Crippen LogP contribution is 2.25. The number of benzene rings is 2. The van der Waals surface area contributed by atoms with E-state index in [4.69, 9.17) is 11.6 Å². The monoisotopic (exact) mass is 477 g/mol. The van der Waals surface area contributed by atoms with Crippen molar-refractivity contribution in [3.05, 3.63) is 64.7 Å². The Bertz CT molecular complexity index is 1020. The molecule has 0 aromatic heterocycles. The van der Waals surface area contributed by atoms with Gasteiger partial charge < -0.3 is 5.32 Å². The molecule has 1 heterocycles. The van der Waals surface area contributed by atoms with E-state index >= 15 is 0 Å². The van der Waals surface area contributed by atoms with Crippen LogP contribution in [-0.2, 0) is 27.9 Å². The van der Waals surface area contributed by atoms with E-state index in [2.05, 4.69) is 16.3 Å². The maximum Gasteiger partial charge on any atom is 0.244 e. The minimum atomic E-state index is -3.69. The number of sulfonamides is 1. The van der Waals surface area contributed by atoms with E-state index in [0.717, 1.165) is 35.8 Å². The number of likely N-dealkylation sites (tertiary alicyclic amines) is 1. The first-order valence-electron chi connectivity index (χ1n) is 11.1. The molecular formula is C24H32ClN3O3S. The smallest absolute Gasteiger partial charge is 0.244 e. The molecule has 174 valence electrons. The van der Waals surface area contributed by atoms with Crippen molar-refractivity contribution >= 4 is 33.2 Å². The number of nitrogens with zero attached hydrogens (tertiary/aromatic N) is 2. The largest absolute Gasteiger partial charge is 0.350 e. The van der Waals surface area contributed by atoms with Gasteiger partial charge >= 0.3 is 0 Å². The topological polar surface area (TPSA) is 69.7 Å². The van der Waals surface area contributed by atoms with Crippen LogP contribution in [0.5, 0.6) is 0 Å². The van der Waals surface area contributed by atoms with E-state index in [-0.39, 0.29) is 5.91 Å². The molecule has 0 spiro atoms. The minimum Gasteiger partial charge on any atom is -0.350 e. The van der Waals surface area contributed by atoms with Gasteiger partial charge in [-0.3, -0.25) is 14.0 Å². The summed E-state index contributed by atoms with van der Waals surface area (Å²) in [6.07, 6.45) is 5.18. The summed E-state index contributed by atoms with van der Waals surface area (Å²) in [6.45, 7) is 5.22. The molecule has 0 radical (unpaired) electrons. The third-order valence-corrected chi connectivity index (χ3v) is 7.22. The maximum atomic E-state index is 13.1. The average molecular weight is 478 g/mol. The number of hydrogen-bond donors (Lipinski definition) is 1. The van der Waals surface area contributed by atoms with Crippen molar-refractivity contribution in [3.63, 3.8) is 0 Å². The van der Waals surface area contributed by atoms with E-state index in [0.29, 0.717) is 23.7 Å². The van der Waals surface area contributed by atoms with Crippen LogP contribution in [0.4, 0.5) is 5.69 Å². The molecule has 2 aromatic carbocycles. The zero-order valence-corrected chi connectivity index (χ0v) is 20.3. The summed E-state index contributed by atoms with van der Waals surface area (Å²) in [5.74, 6) is -0.328. The van der Waals surface area contributed by atoms with Gasteiger partial charge in [-0.1, -0.05) is 55.3 Å². The molecule has 2 aromatic rings. The van der Waals surface area contributed by atoms with E-state index in [1.54, 1.807) is 31.2 Å². The van der Waals surface area contributed by atoms with Gasteiger partial charge in [0.15, 0.2) is 0 Å². The Kier molecular flexibility index (Phi) is 8.57. The van der Waals surface area contributed by atoms with Gasteiger partial charge in [0, 0.05) is 18.1 Å². The first-order chi connectivity index (χ1) is 15.3.